The second-order valence-electron chi connectivity index (χ2n) is 5.64. The quantitative estimate of drug-likeness (QED) is 0.741. The van der Waals surface area contributed by atoms with Crippen molar-refractivity contribution in [2.75, 3.05) is 59.2 Å². The van der Waals surface area contributed by atoms with Gasteiger partial charge in [0.25, 0.3) is 0 Å². The molecule has 0 aromatic heterocycles. The maximum absolute atomic E-state index is 12.3. The van der Waals surface area contributed by atoms with Crippen molar-refractivity contribution < 1.29 is 14.3 Å². The third kappa shape index (κ3) is 4.70. The van der Waals surface area contributed by atoms with Gasteiger partial charge in [-0.25, -0.2) is 0 Å². The molecule has 2 rings (SSSR count). The molecule has 20 heavy (non-hydrogen) atoms. The van der Waals surface area contributed by atoms with Crippen LogP contribution in [0, 0.1) is 0 Å². The van der Waals surface area contributed by atoms with Crippen LogP contribution in [0.5, 0.6) is 0 Å². The number of amides is 1. The maximum atomic E-state index is 12.3. The number of carbonyl (C=O) groups is 1. The van der Waals surface area contributed by atoms with Gasteiger partial charge in [0.2, 0.25) is 5.91 Å². The molecule has 0 saturated carbocycles. The van der Waals surface area contributed by atoms with Gasteiger partial charge in [-0.3, -0.25) is 9.69 Å². The van der Waals surface area contributed by atoms with Crippen LogP contribution in [0.4, 0.5) is 0 Å². The largest absolute Gasteiger partial charge is 0.379 e. The van der Waals surface area contributed by atoms with Crippen molar-refractivity contribution in [3.63, 3.8) is 0 Å². The van der Waals surface area contributed by atoms with Crippen molar-refractivity contribution in [3.05, 3.63) is 0 Å². The van der Waals surface area contributed by atoms with Crippen LogP contribution in [0.25, 0.3) is 0 Å². The molecule has 2 unspecified atom stereocenters. The van der Waals surface area contributed by atoms with Gasteiger partial charge < -0.3 is 19.7 Å². The monoisotopic (exact) mass is 285 g/mol. The van der Waals surface area contributed by atoms with Crippen LogP contribution in [-0.2, 0) is 14.3 Å². The minimum atomic E-state index is -0.135. The molecule has 1 N–H and O–H groups in total. The van der Waals surface area contributed by atoms with Crippen LogP contribution in [-0.4, -0.2) is 86.9 Å². The van der Waals surface area contributed by atoms with Gasteiger partial charge in [-0.05, 0) is 13.8 Å². The Labute approximate surface area is 121 Å². The average molecular weight is 285 g/mol. The number of hydrogen-bond acceptors (Lipinski definition) is 5. The molecule has 2 saturated heterocycles. The molecule has 2 atom stereocenters. The van der Waals surface area contributed by atoms with Gasteiger partial charge in [0.15, 0.2) is 0 Å². The van der Waals surface area contributed by atoms with Gasteiger partial charge in [0, 0.05) is 38.8 Å². The van der Waals surface area contributed by atoms with E-state index in [0.717, 1.165) is 32.8 Å². The summed E-state index contributed by atoms with van der Waals surface area (Å²) in [6.45, 7) is 11.4. The van der Waals surface area contributed by atoms with E-state index in [9.17, 15) is 4.79 Å². The fourth-order valence-corrected chi connectivity index (χ4v) is 2.78. The summed E-state index contributed by atoms with van der Waals surface area (Å²) in [6.07, 6.45) is 0. The molecular weight excluding hydrogens is 258 g/mol. The minimum Gasteiger partial charge on any atom is -0.379 e. The molecule has 2 heterocycles. The lowest BCUT2D eigenvalue weighted by atomic mass is 10.2. The van der Waals surface area contributed by atoms with Crippen molar-refractivity contribution in [1.82, 2.24) is 15.1 Å². The molecule has 0 spiro atoms. The first-order valence-corrected chi connectivity index (χ1v) is 7.59. The minimum absolute atomic E-state index is 0.135. The highest BCUT2D eigenvalue weighted by molar-refractivity contribution is 5.81. The maximum Gasteiger partial charge on any atom is 0.239 e. The van der Waals surface area contributed by atoms with Crippen LogP contribution in [0.1, 0.15) is 13.8 Å². The average Bonchev–Trinajstić information content (AvgIpc) is 2.48. The smallest absolute Gasteiger partial charge is 0.239 e. The fourth-order valence-electron chi connectivity index (χ4n) is 2.78. The molecule has 0 bridgehead atoms. The second kappa shape index (κ2) is 7.93. The summed E-state index contributed by atoms with van der Waals surface area (Å²) in [5, 5.41) is 3.41. The lowest BCUT2D eigenvalue weighted by molar-refractivity contribution is -0.137. The van der Waals surface area contributed by atoms with Crippen LogP contribution in [0.15, 0.2) is 0 Å². The third-order valence-electron chi connectivity index (χ3n) is 3.86. The molecule has 0 aromatic rings. The first-order chi connectivity index (χ1) is 9.66. The Kier molecular flexibility index (Phi) is 6.22. The molecule has 2 fully saturated rings. The highest BCUT2D eigenvalue weighted by atomic mass is 16.5. The Balaban J connectivity index is 1.71. The van der Waals surface area contributed by atoms with Crippen molar-refractivity contribution in [2.24, 2.45) is 0 Å². The van der Waals surface area contributed by atoms with Gasteiger partial charge in [-0.1, -0.05) is 0 Å². The lowest BCUT2D eigenvalue weighted by Gasteiger charge is -2.33. The van der Waals surface area contributed by atoms with Gasteiger partial charge in [-0.15, -0.1) is 0 Å². The van der Waals surface area contributed by atoms with Crippen molar-refractivity contribution in [2.45, 2.75) is 25.9 Å². The van der Waals surface area contributed by atoms with E-state index in [1.165, 1.54) is 0 Å². The Bertz CT molecular complexity index is 302. The molecule has 2 aliphatic rings. The number of nitrogens with one attached hydrogen (secondary N) is 1. The van der Waals surface area contributed by atoms with E-state index in [2.05, 4.69) is 17.1 Å². The SMILES string of the molecule is CC(CN1CCOCC1)NC(C)C(=O)N1CCOCC1. The normalized spacial score (nSPS) is 24.4. The fraction of sp³-hybridized carbons (Fsp3) is 0.929. The third-order valence-corrected chi connectivity index (χ3v) is 3.86. The summed E-state index contributed by atoms with van der Waals surface area (Å²) < 4.78 is 10.6. The predicted molar refractivity (Wildman–Crippen MR) is 76.7 cm³/mol. The van der Waals surface area contributed by atoms with E-state index in [1.807, 2.05) is 11.8 Å². The zero-order valence-electron chi connectivity index (χ0n) is 12.6. The van der Waals surface area contributed by atoms with E-state index < -0.39 is 0 Å². The molecule has 6 heteroatoms. The Morgan fingerprint density at radius 3 is 2.20 bits per heavy atom. The first-order valence-electron chi connectivity index (χ1n) is 7.59. The second-order valence-corrected chi connectivity index (χ2v) is 5.64. The zero-order valence-corrected chi connectivity index (χ0v) is 12.6. The molecule has 116 valence electrons. The molecular formula is C14H27N3O3. The number of nitrogens with zero attached hydrogens (tertiary/aromatic N) is 2. The zero-order chi connectivity index (χ0) is 14.4. The lowest BCUT2D eigenvalue weighted by Crippen LogP contribution is -2.53. The van der Waals surface area contributed by atoms with Crippen LogP contribution in [0.3, 0.4) is 0 Å². The van der Waals surface area contributed by atoms with Crippen LogP contribution in [0.2, 0.25) is 0 Å². The van der Waals surface area contributed by atoms with E-state index in [4.69, 9.17) is 9.47 Å². The van der Waals surface area contributed by atoms with Gasteiger partial charge >= 0.3 is 0 Å². The predicted octanol–water partition coefficient (Wildman–Crippen LogP) is -0.456. The van der Waals surface area contributed by atoms with Crippen molar-refractivity contribution >= 4 is 5.91 Å². The van der Waals surface area contributed by atoms with E-state index in [-0.39, 0.29) is 11.9 Å². The van der Waals surface area contributed by atoms with Crippen LogP contribution >= 0.6 is 0 Å². The standard InChI is InChI=1S/C14H27N3O3/c1-12(11-16-3-7-19-8-4-16)15-13(2)14(18)17-5-9-20-10-6-17/h12-13,15H,3-11H2,1-2H3. The molecule has 0 aliphatic carbocycles. The number of rotatable bonds is 5. The Morgan fingerprint density at radius 2 is 1.60 bits per heavy atom. The highest BCUT2D eigenvalue weighted by Crippen LogP contribution is 2.03. The first kappa shape index (κ1) is 15.7. The van der Waals surface area contributed by atoms with Crippen molar-refractivity contribution in [1.29, 1.82) is 0 Å². The van der Waals surface area contributed by atoms with Gasteiger partial charge in [-0.2, -0.15) is 0 Å². The molecule has 0 radical (unpaired) electrons. The summed E-state index contributed by atoms with van der Waals surface area (Å²) in [4.78, 5) is 16.6. The van der Waals surface area contributed by atoms with Crippen LogP contribution < -0.4 is 5.32 Å². The van der Waals surface area contributed by atoms with Crippen molar-refractivity contribution in [3.8, 4) is 0 Å². The van der Waals surface area contributed by atoms with E-state index >= 15 is 0 Å². The number of hydrogen-bond donors (Lipinski definition) is 1. The summed E-state index contributed by atoms with van der Waals surface area (Å²) in [5.74, 6) is 0.183. The van der Waals surface area contributed by atoms with Gasteiger partial charge in [0.05, 0.1) is 32.5 Å². The molecule has 6 nitrogen and oxygen atoms in total. The number of carbonyl (C=O) groups excluding carboxylic acids is 1. The summed E-state index contributed by atoms with van der Waals surface area (Å²) in [6, 6.07) is 0.164. The Morgan fingerprint density at radius 1 is 1.05 bits per heavy atom. The number of ether oxygens (including phenoxy) is 2. The Hall–Kier alpha value is -0.690. The van der Waals surface area contributed by atoms with Gasteiger partial charge in [0.1, 0.15) is 0 Å². The molecule has 2 aliphatic heterocycles. The topological polar surface area (TPSA) is 54.0 Å². The highest BCUT2D eigenvalue weighted by Gasteiger charge is 2.24. The summed E-state index contributed by atoms with van der Waals surface area (Å²) in [5.41, 5.74) is 0. The summed E-state index contributed by atoms with van der Waals surface area (Å²) in [7, 11) is 0. The molecule has 0 aromatic carbocycles. The number of morpholine rings is 2. The molecule has 1 amide bonds. The van der Waals surface area contributed by atoms with E-state index in [0.29, 0.717) is 32.3 Å². The summed E-state index contributed by atoms with van der Waals surface area (Å²) >= 11 is 0. The van der Waals surface area contributed by atoms with E-state index in [1.54, 1.807) is 0 Å².